The molecule has 1 atom stereocenters. The molecule has 0 bridgehead atoms. The van der Waals surface area contributed by atoms with E-state index in [1.165, 1.54) is 17.0 Å². The second-order valence-corrected chi connectivity index (χ2v) is 11.1. The van der Waals surface area contributed by atoms with Crippen LogP contribution in [0.25, 0.3) is 0 Å². The van der Waals surface area contributed by atoms with Crippen LogP contribution < -0.4 is 5.32 Å². The molecule has 1 aliphatic heterocycles. The molecular weight excluding hydrogens is 490 g/mol. The monoisotopic (exact) mass is 517 g/mol. The van der Waals surface area contributed by atoms with Crippen LogP contribution in [0.5, 0.6) is 0 Å². The van der Waals surface area contributed by atoms with Gasteiger partial charge in [-0.3, -0.25) is 14.4 Å². The van der Waals surface area contributed by atoms with Crippen LogP contribution in [0.1, 0.15) is 54.9 Å². The summed E-state index contributed by atoms with van der Waals surface area (Å²) in [5.74, 6) is -1.37. The van der Waals surface area contributed by atoms with Crippen LogP contribution in [0.3, 0.4) is 0 Å². The van der Waals surface area contributed by atoms with Crippen molar-refractivity contribution in [1.82, 2.24) is 14.5 Å². The fourth-order valence-corrected chi connectivity index (χ4v) is 6.34. The highest BCUT2D eigenvalue weighted by Crippen LogP contribution is 2.30. The molecule has 1 unspecified atom stereocenters. The fraction of sp³-hybridized carbons (Fsp3) is 0.400. The fourth-order valence-electron chi connectivity index (χ4n) is 4.58. The molecule has 4 rings (SSSR count). The summed E-state index contributed by atoms with van der Waals surface area (Å²) in [7, 11) is -4.02. The first kappa shape index (κ1) is 25.2. The topological polar surface area (TPSA) is 104 Å². The van der Waals surface area contributed by atoms with Gasteiger partial charge in [0.1, 0.15) is 10.9 Å². The molecule has 3 amide bonds. The Hall–Kier alpha value is -2.91. The highest BCUT2D eigenvalue weighted by Gasteiger charge is 2.41. The summed E-state index contributed by atoms with van der Waals surface area (Å²) in [5, 5.41) is 3.48. The van der Waals surface area contributed by atoms with Crippen molar-refractivity contribution in [3.63, 3.8) is 0 Å². The van der Waals surface area contributed by atoms with Crippen LogP contribution in [0.15, 0.2) is 53.4 Å². The number of nitrogens with zero attached hydrogens (tertiary/aromatic N) is 2. The van der Waals surface area contributed by atoms with Gasteiger partial charge in [0.25, 0.3) is 15.9 Å². The lowest BCUT2D eigenvalue weighted by Crippen LogP contribution is -2.50. The molecule has 186 valence electrons. The molecule has 0 spiro atoms. The smallest absolute Gasteiger partial charge is 0.269 e. The number of carbonyl (C=O) groups is 3. The number of amides is 3. The Morgan fingerprint density at radius 3 is 2.46 bits per heavy atom. The van der Waals surface area contributed by atoms with E-state index in [9.17, 15) is 22.8 Å². The molecule has 0 radical (unpaired) electrons. The highest BCUT2D eigenvalue weighted by atomic mass is 35.5. The second-order valence-electron chi connectivity index (χ2n) is 8.91. The second kappa shape index (κ2) is 10.4. The summed E-state index contributed by atoms with van der Waals surface area (Å²) < 4.78 is 26.4. The number of halogens is 1. The van der Waals surface area contributed by atoms with E-state index in [0.29, 0.717) is 10.6 Å². The van der Waals surface area contributed by atoms with E-state index in [-0.39, 0.29) is 41.9 Å². The first-order chi connectivity index (χ1) is 16.7. The third-order valence-corrected chi connectivity index (χ3v) is 8.82. The van der Waals surface area contributed by atoms with Crippen molar-refractivity contribution in [1.29, 1.82) is 0 Å². The molecule has 2 aliphatic rings. The van der Waals surface area contributed by atoms with Crippen molar-refractivity contribution in [2.45, 2.75) is 62.6 Å². The molecule has 2 aromatic carbocycles. The maximum absolute atomic E-state index is 13.4. The number of hydrogen-bond acceptors (Lipinski definition) is 5. The number of hydrogen-bond donors (Lipinski definition) is 1. The summed E-state index contributed by atoms with van der Waals surface area (Å²) in [5.41, 5.74) is 0.762. The Bertz CT molecular complexity index is 1240. The highest BCUT2D eigenvalue weighted by molar-refractivity contribution is 7.90. The Balaban J connectivity index is 1.51. The predicted octanol–water partition coefficient (Wildman–Crippen LogP) is 3.35. The molecule has 0 saturated heterocycles. The van der Waals surface area contributed by atoms with Gasteiger partial charge in [-0.15, -0.1) is 0 Å². The average molecular weight is 518 g/mol. The maximum Gasteiger partial charge on any atom is 0.269 e. The minimum absolute atomic E-state index is 0.0605. The average Bonchev–Trinajstić information content (AvgIpc) is 3.41. The molecule has 8 nitrogen and oxygen atoms in total. The molecule has 1 heterocycles. The molecule has 10 heteroatoms. The van der Waals surface area contributed by atoms with E-state index < -0.39 is 27.9 Å². The van der Waals surface area contributed by atoms with Gasteiger partial charge in [-0.05, 0) is 43.5 Å². The van der Waals surface area contributed by atoms with Gasteiger partial charge < -0.3 is 10.2 Å². The quantitative estimate of drug-likeness (QED) is 0.578. The van der Waals surface area contributed by atoms with Crippen LogP contribution in [-0.4, -0.2) is 54.0 Å². The molecule has 1 N–H and O–H groups in total. The molecule has 1 fully saturated rings. The van der Waals surface area contributed by atoms with Gasteiger partial charge in [-0.2, -0.15) is 0 Å². The van der Waals surface area contributed by atoms with E-state index in [1.54, 1.807) is 43.3 Å². The molecule has 35 heavy (non-hydrogen) atoms. The first-order valence-electron chi connectivity index (χ1n) is 11.7. The minimum atomic E-state index is -4.02. The van der Waals surface area contributed by atoms with E-state index in [4.69, 9.17) is 11.6 Å². The van der Waals surface area contributed by atoms with Crippen molar-refractivity contribution < 1.29 is 22.8 Å². The zero-order valence-corrected chi connectivity index (χ0v) is 21.0. The Morgan fingerprint density at radius 1 is 1.11 bits per heavy atom. The lowest BCUT2D eigenvalue weighted by Gasteiger charge is -2.30. The number of nitrogens with one attached hydrogen (secondary N) is 1. The van der Waals surface area contributed by atoms with E-state index in [1.807, 2.05) is 0 Å². The maximum atomic E-state index is 13.4. The van der Waals surface area contributed by atoms with Gasteiger partial charge in [0.15, 0.2) is 0 Å². The van der Waals surface area contributed by atoms with Crippen molar-refractivity contribution in [3.05, 3.63) is 64.7 Å². The summed E-state index contributed by atoms with van der Waals surface area (Å²) in [6.07, 6.45) is 3.67. The third kappa shape index (κ3) is 5.21. The summed E-state index contributed by atoms with van der Waals surface area (Å²) in [6, 6.07) is 12.3. The third-order valence-electron chi connectivity index (χ3n) is 6.61. The SMILES string of the molecule is CC(C(=O)NC1CCCC1)N(Cc1ccccc1Cl)C(=O)CCN1C(=O)c2ccccc2S1(=O)=O. The van der Waals surface area contributed by atoms with Crippen molar-refractivity contribution >= 4 is 39.3 Å². The standard InChI is InChI=1S/C25H28ClN3O5S/c1-17(24(31)27-19-9-3-4-10-19)28(16-18-8-2-6-12-21(18)26)23(30)14-15-29-25(32)20-11-5-7-13-22(20)35(29,33)34/h2,5-8,11-13,17,19H,3-4,9-10,14-16H2,1H3,(H,27,31). The molecule has 0 aromatic heterocycles. The normalized spacial score (nSPS) is 17.8. The Morgan fingerprint density at radius 2 is 1.77 bits per heavy atom. The van der Waals surface area contributed by atoms with Crippen LogP contribution in [-0.2, 0) is 26.2 Å². The summed E-state index contributed by atoms with van der Waals surface area (Å²) in [6.45, 7) is 1.41. The van der Waals surface area contributed by atoms with Crippen molar-refractivity contribution in [3.8, 4) is 0 Å². The van der Waals surface area contributed by atoms with Gasteiger partial charge in [-0.1, -0.05) is 54.8 Å². The van der Waals surface area contributed by atoms with E-state index in [2.05, 4.69) is 5.32 Å². The van der Waals surface area contributed by atoms with Gasteiger partial charge >= 0.3 is 0 Å². The number of fused-ring (bicyclic) bond motifs is 1. The van der Waals surface area contributed by atoms with Gasteiger partial charge in [0.05, 0.1) is 5.56 Å². The van der Waals surface area contributed by atoms with E-state index in [0.717, 1.165) is 30.0 Å². The molecule has 2 aromatic rings. The van der Waals surface area contributed by atoms with Crippen molar-refractivity contribution in [2.24, 2.45) is 0 Å². The minimum Gasteiger partial charge on any atom is -0.352 e. The molecule has 1 aliphatic carbocycles. The van der Waals surface area contributed by atoms with Crippen LogP contribution in [0.2, 0.25) is 5.02 Å². The zero-order chi connectivity index (χ0) is 25.2. The lowest BCUT2D eigenvalue weighted by molar-refractivity contribution is -0.140. The molecule has 1 saturated carbocycles. The van der Waals surface area contributed by atoms with Crippen LogP contribution >= 0.6 is 11.6 Å². The summed E-state index contributed by atoms with van der Waals surface area (Å²) in [4.78, 5) is 40.4. The first-order valence-corrected chi connectivity index (χ1v) is 13.5. The number of sulfonamides is 1. The number of carbonyl (C=O) groups excluding carboxylic acids is 3. The zero-order valence-electron chi connectivity index (χ0n) is 19.4. The van der Waals surface area contributed by atoms with E-state index >= 15 is 0 Å². The van der Waals surface area contributed by atoms with Crippen LogP contribution in [0.4, 0.5) is 0 Å². The lowest BCUT2D eigenvalue weighted by atomic mass is 10.1. The Labute approximate surface area is 210 Å². The Kier molecular flexibility index (Phi) is 7.47. The van der Waals surface area contributed by atoms with Crippen molar-refractivity contribution in [2.75, 3.05) is 6.54 Å². The largest absolute Gasteiger partial charge is 0.352 e. The number of benzene rings is 2. The predicted molar refractivity (Wildman–Crippen MR) is 131 cm³/mol. The number of rotatable bonds is 8. The van der Waals surface area contributed by atoms with Gasteiger partial charge in [0.2, 0.25) is 11.8 Å². The van der Waals surface area contributed by atoms with Gasteiger partial charge in [0, 0.05) is 30.6 Å². The summed E-state index contributed by atoms with van der Waals surface area (Å²) >= 11 is 6.31. The molecular formula is C25H28ClN3O5S. The van der Waals surface area contributed by atoms with Crippen LogP contribution in [0, 0.1) is 0 Å². The van der Waals surface area contributed by atoms with Gasteiger partial charge in [-0.25, -0.2) is 12.7 Å².